The van der Waals surface area contributed by atoms with Crippen LogP contribution in [0.25, 0.3) is 5.69 Å². The summed E-state index contributed by atoms with van der Waals surface area (Å²) < 4.78 is 9.57. The first-order valence-corrected chi connectivity index (χ1v) is 8.78. The Morgan fingerprint density at radius 2 is 2.12 bits per heavy atom. The van der Waals surface area contributed by atoms with Crippen molar-refractivity contribution < 1.29 is 9.53 Å². The number of methoxy groups -OCH3 is 1. The van der Waals surface area contributed by atoms with E-state index >= 15 is 0 Å². The van der Waals surface area contributed by atoms with Crippen molar-refractivity contribution in [3.63, 3.8) is 0 Å². The Bertz CT molecular complexity index is 946. The quantitative estimate of drug-likeness (QED) is 0.629. The molecular weight excluding hydrogens is 384 g/mol. The first kappa shape index (κ1) is 16.1. The zero-order valence-electron chi connectivity index (χ0n) is 13.9. The number of aromatic nitrogens is 4. The lowest BCUT2D eigenvalue weighted by molar-refractivity contribution is 0.0599. The van der Waals surface area contributed by atoms with Gasteiger partial charge in [0, 0.05) is 23.6 Å². The minimum Gasteiger partial charge on any atom is -0.465 e. The van der Waals surface area contributed by atoms with Gasteiger partial charge in [-0.1, -0.05) is 22.0 Å². The van der Waals surface area contributed by atoms with Crippen LogP contribution in [0.4, 0.5) is 0 Å². The fraction of sp³-hybridized carbons (Fsp3) is 0.278. The van der Waals surface area contributed by atoms with Crippen molar-refractivity contribution in [1.82, 2.24) is 19.6 Å². The average Bonchev–Trinajstić information content (AvgIpc) is 3.06. The molecule has 2 atom stereocenters. The summed E-state index contributed by atoms with van der Waals surface area (Å²) in [4.78, 5) is 12.2. The SMILES string of the molecule is COC(=O)c1cnn(-c2cccc(Br)c2)c1C1CC1c1cnn(C)c1. The van der Waals surface area contributed by atoms with Crippen molar-refractivity contribution >= 4 is 21.9 Å². The maximum absolute atomic E-state index is 12.2. The van der Waals surface area contributed by atoms with E-state index in [1.807, 2.05) is 48.4 Å². The van der Waals surface area contributed by atoms with Crippen LogP contribution in [-0.4, -0.2) is 32.6 Å². The number of carbonyl (C=O) groups excluding carboxylic acids is 1. The molecule has 1 aromatic carbocycles. The predicted molar refractivity (Wildman–Crippen MR) is 95.9 cm³/mol. The van der Waals surface area contributed by atoms with Crippen molar-refractivity contribution in [3.8, 4) is 5.69 Å². The molecule has 0 bridgehead atoms. The molecule has 3 aromatic rings. The monoisotopic (exact) mass is 400 g/mol. The summed E-state index contributed by atoms with van der Waals surface area (Å²) in [6.07, 6.45) is 6.49. The molecule has 0 aliphatic heterocycles. The van der Waals surface area contributed by atoms with E-state index in [1.165, 1.54) is 12.7 Å². The van der Waals surface area contributed by atoms with Crippen LogP contribution in [0.3, 0.4) is 0 Å². The summed E-state index contributed by atoms with van der Waals surface area (Å²) in [6.45, 7) is 0. The van der Waals surface area contributed by atoms with Gasteiger partial charge in [0.05, 0.1) is 30.9 Å². The van der Waals surface area contributed by atoms with Gasteiger partial charge >= 0.3 is 5.97 Å². The molecule has 0 saturated heterocycles. The van der Waals surface area contributed by atoms with Gasteiger partial charge in [-0.05, 0) is 36.1 Å². The molecule has 2 heterocycles. The van der Waals surface area contributed by atoms with Crippen LogP contribution in [0.15, 0.2) is 47.3 Å². The highest BCUT2D eigenvalue weighted by atomic mass is 79.9. The number of nitrogens with zero attached hydrogens (tertiary/aromatic N) is 4. The smallest absolute Gasteiger partial charge is 0.341 e. The summed E-state index contributed by atoms with van der Waals surface area (Å²) in [7, 11) is 3.31. The van der Waals surface area contributed by atoms with Crippen molar-refractivity contribution in [2.75, 3.05) is 7.11 Å². The van der Waals surface area contributed by atoms with Gasteiger partial charge in [0.25, 0.3) is 0 Å². The maximum Gasteiger partial charge on any atom is 0.341 e. The highest BCUT2D eigenvalue weighted by molar-refractivity contribution is 9.10. The Kier molecular flexibility index (Phi) is 3.95. The third kappa shape index (κ3) is 2.89. The molecule has 1 aliphatic rings. The second kappa shape index (κ2) is 6.15. The lowest BCUT2D eigenvalue weighted by atomic mass is 10.1. The number of rotatable bonds is 4. The van der Waals surface area contributed by atoms with Crippen LogP contribution in [0.1, 0.15) is 39.9 Å². The number of hydrogen-bond acceptors (Lipinski definition) is 4. The first-order valence-electron chi connectivity index (χ1n) is 7.99. The highest BCUT2D eigenvalue weighted by Gasteiger charge is 2.45. The van der Waals surface area contributed by atoms with Gasteiger partial charge in [-0.15, -0.1) is 0 Å². The molecule has 7 heteroatoms. The van der Waals surface area contributed by atoms with E-state index in [4.69, 9.17) is 4.74 Å². The zero-order chi connectivity index (χ0) is 17.6. The van der Waals surface area contributed by atoms with Gasteiger partial charge in [-0.25, -0.2) is 9.48 Å². The van der Waals surface area contributed by atoms with Crippen molar-refractivity contribution in [3.05, 3.63) is 64.1 Å². The molecule has 1 saturated carbocycles. The molecule has 2 aromatic heterocycles. The van der Waals surface area contributed by atoms with Crippen LogP contribution in [0.2, 0.25) is 0 Å². The molecule has 1 aliphatic carbocycles. The average molecular weight is 401 g/mol. The molecule has 1 fully saturated rings. The van der Waals surface area contributed by atoms with Crippen molar-refractivity contribution in [1.29, 1.82) is 0 Å². The van der Waals surface area contributed by atoms with Crippen LogP contribution < -0.4 is 0 Å². The standard InChI is InChI=1S/C18H17BrN4O2/c1-22-10-11(8-20-22)14-7-15(14)17-16(18(24)25-2)9-21-23(17)13-5-3-4-12(19)6-13/h3-6,8-10,14-15H,7H2,1-2H3. The number of aryl methyl sites for hydroxylation is 1. The summed E-state index contributed by atoms with van der Waals surface area (Å²) in [5, 5.41) is 8.72. The minimum absolute atomic E-state index is 0.222. The zero-order valence-corrected chi connectivity index (χ0v) is 15.5. The minimum atomic E-state index is -0.354. The lowest BCUT2D eigenvalue weighted by Crippen LogP contribution is -2.08. The topological polar surface area (TPSA) is 61.9 Å². The second-order valence-electron chi connectivity index (χ2n) is 6.22. The van der Waals surface area contributed by atoms with Gasteiger partial charge in [-0.3, -0.25) is 4.68 Å². The van der Waals surface area contributed by atoms with E-state index < -0.39 is 0 Å². The Morgan fingerprint density at radius 1 is 1.28 bits per heavy atom. The fourth-order valence-corrected chi connectivity index (χ4v) is 3.68. The van der Waals surface area contributed by atoms with Crippen molar-refractivity contribution in [2.45, 2.75) is 18.3 Å². The van der Waals surface area contributed by atoms with Crippen LogP contribution in [-0.2, 0) is 11.8 Å². The lowest BCUT2D eigenvalue weighted by Gasteiger charge is -2.09. The molecule has 4 rings (SSSR count). The van der Waals surface area contributed by atoms with Crippen molar-refractivity contribution in [2.24, 2.45) is 7.05 Å². The highest BCUT2D eigenvalue weighted by Crippen LogP contribution is 2.55. The van der Waals surface area contributed by atoms with E-state index in [0.717, 1.165) is 22.3 Å². The number of hydrogen-bond donors (Lipinski definition) is 0. The van der Waals surface area contributed by atoms with Gasteiger partial charge in [0.15, 0.2) is 0 Å². The number of esters is 1. The molecule has 0 spiro atoms. The largest absolute Gasteiger partial charge is 0.465 e. The third-order valence-electron chi connectivity index (χ3n) is 4.56. The summed E-state index contributed by atoms with van der Waals surface area (Å²) in [6, 6.07) is 7.88. The Hall–Kier alpha value is -2.41. The normalized spacial score (nSPS) is 19.0. The van der Waals surface area contributed by atoms with E-state index in [2.05, 4.69) is 26.1 Å². The first-order chi connectivity index (χ1) is 12.1. The van der Waals surface area contributed by atoms with E-state index in [-0.39, 0.29) is 11.9 Å². The Morgan fingerprint density at radius 3 is 2.80 bits per heavy atom. The predicted octanol–water partition coefficient (Wildman–Crippen LogP) is 3.43. The van der Waals surface area contributed by atoms with Gasteiger partial charge in [0.1, 0.15) is 5.56 Å². The number of carbonyl (C=O) groups is 1. The summed E-state index contributed by atoms with van der Waals surface area (Å²) >= 11 is 3.49. The number of benzene rings is 1. The summed E-state index contributed by atoms with van der Waals surface area (Å²) in [5.74, 6) is 0.215. The number of halogens is 1. The molecule has 25 heavy (non-hydrogen) atoms. The molecule has 2 unspecified atom stereocenters. The molecule has 0 amide bonds. The molecule has 128 valence electrons. The molecule has 6 nitrogen and oxygen atoms in total. The maximum atomic E-state index is 12.2. The molecular formula is C18H17BrN4O2. The fourth-order valence-electron chi connectivity index (χ4n) is 3.29. The van der Waals surface area contributed by atoms with Crippen LogP contribution in [0.5, 0.6) is 0 Å². The van der Waals surface area contributed by atoms with E-state index in [1.54, 1.807) is 10.9 Å². The van der Waals surface area contributed by atoms with Crippen LogP contribution >= 0.6 is 15.9 Å². The molecule has 0 N–H and O–H groups in total. The van der Waals surface area contributed by atoms with E-state index in [9.17, 15) is 4.79 Å². The second-order valence-corrected chi connectivity index (χ2v) is 7.14. The summed E-state index contributed by atoms with van der Waals surface area (Å²) in [5.41, 5.74) is 3.53. The van der Waals surface area contributed by atoms with Crippen LogP contribution in [0, 0.1) is 0 Å². The van der Waals surface area contributed by atoms with Gasteiger partial charge in [-0.2, -0.15) is 10.2 Å². The Balaban J connectivity index is 1.77. The third-order valence-corrected chi connectivity index (χ3v) is 5.05. The Labute approximate surface area is 153 Å². The van der Waals surface area contributed by atoms with Gasteiger partial charge < -0.3 is 4.74 Å². The number of ether oxygens (including phenoxy) is 1. The van der Waals surface area contributed by atoms with Gasteiger partial charge in [0.2, 0.25) is 0 Å². The van der Waals surface area contributed by atoms with E-state index in [0.29, 0.717) is 11.5 Å². The molecule has 0 radical (unpaired) electrons.